The van der Waals surface area contributed by atoms with Crippen molar-refractivity contribution < 1.29 is 9.90 Å². The Balaban J connectivity index is 1.83. The molecule has 2 aromatic heterocycles. The summed E-state index contributed by atoms with van der Waals surface area (Å²) in [5.41, 5.74) is 0.743. The fourth-order valence-corrected chi connectivity index (χ4v) is 2.06. The van der Waals surface area contributed by atoms with Crippen molar-refractivity contribution in [1.29, 1.82) is 0 Å². The molecule has 0 radical (unpaired) electrons. The van der Waals surface area contributed by atoms with Crippen LogP contribution in [-0.4, -0.2) is 35.7 Å². The first-order valence-corrected chi connectivity index (χ1v) is 6.84. The van der Waals surface area contributed by atoms with Gasteiger partial charge in [-0.2, -0.15) is 0 Å². The summed E-state index contributed by atoms with van der Waals surface area (Å²) in [5, 5.41) is 18.5. The summed E-state index contributed by atoms with van der Waals surface area (Å²) in [7, 11) is 0. The highest BCUT2D eigenvalue weighted by molar-refractivity contribution is 5.64. The number of rotatable bonds is 4. The first-order chi connectivity index (χ1) is 11.5. The van der Waals surface area contributed by atoms with Crippen molar-refractivity contribution in [3.63, 3.8) is 0 Å². The SMILES string of the molecule is O=C(O)NCc1cn(-c2ccc(-n3ccc(=O)[nH]c3=O)cc2)nn1. The summed E-state index contributed by atoms with van der Waals surface area (Å²) >= 11 is 0. The lowest BCUT2D eigenvalue weighted by Crippen LogP contribution is -2.27. The molecular formula is C14H12N6O4. The van der Waals surface area contributed by atoms with Crippen molar-refractivity contribution >= 4 is 6.09 Å². The van der Waals surface area contributed by atoms with E-state index in [9.17, 15) is 14.4 Å². The minimum atomic E-state index is -1.14. The van der Waals surface area contributed by atoms with E-state index in [1.165, 1.54) is 21.5 Å². The summed E-state index contributed by atoms with van der Waals surface area (Å²) in [6.07, 6.45) is 1.85. The highest BCUT2D eigenvalue weighted by atomic mass is 16.4. The number of hydrogen-bond donors (Lipinski definition) is 3. The standard InChI is InChI=1S/C14H12N6O4/c21-12-5-6-19(13(22)16-12)10-1-3-11(4-2-10)20-8-9(17-18-20)7-15-14(23)24/h1-6,8,15H,7H2,(H,23,24)(H,16,21,22). The molecule has 0 aliphatic carbocycles. The highest BCUT2D eigenvalue weighted by Crippen LogP contribution is 2.11. The highest BCUT2D eigenvalue weighted by Gasteiger charge is 2.05. The van der Waals surface area contributed by atoms with Gasteiger partial charge in [-0.25, -0.2) is 14.3 Å². The fourth-order valence-electron chi connectivity index (χ4n) is 2.06. The van der Waals surface area contributed by atoms with Gasteiger partial charge in [-0.15, -0.1) is 5.10 Å². The second-order valence-corrected chi connectivity index (χ2v) is 4.81. The maximum Gasteiger partial charge on any atom is 0.404 e. The van der Waals surface area contributed by atoms with Crippen LogP contribution in [0.3, 0.4) is 0 Å². The zero-order chi connectivity index (χ0) is 17.1. The van der Waals surface area contributed by atoms with Crippen LogP contribution in [0.2, 0.25) is 0 Å². The van der Waals surface area contributed by atoms with E-state index in [0.717, 1.165) is 0 Å². The number of aromatic nitrogens is 5. The van der Waals surface area contributed by atoms with Crippen molar-refractivity contribution in [3.8, 4) is 11.4 Å². The lowest BCUT2D eigenvalue weighted by Gasteiger charge is -2.05. The summed E-state index contributed by atoms with van der Waals surface area (Å²) in [4.78, 5) is 35.5. The number of carbonyl (C=O) groups is 1. The van der Waals surface area contributed by atoms with Gasteiger partial charge in [0.25, 0.3) is 5.56 Å². The van der Waals surface area contributed by atoms with Gasteiger partial charge in [-0.3, -0.25) is 14.3 Å². The lowest BCUT2D eigenvalue weighted by molar-refractivity contribution is 0.194. The Morgan fingerprint density at radius 1 is 1.17 bits per heavy atom. The van der Waals surface area contributed by atoms with Crippen LogP contribution in [0.25, 0.3) is 11.4 Å². The van der Waals surface area contributed by atoms with Gasteiger partial charge in [-0.05, 0) is 24.3 Å². The molecule has 0 aliphatic heterocycles. The van der Waals surface area contributed by atoms with Gasteiger partial charge in [-0.1, -0.05) is 5.21 Å². The number of nitrogens with one attached hydrogen (secondary N) is 2. The molecule has 3 N–H and O–H groups in total. The Morgan fingerprint density at radius 3 is 2.54 bits per heavy atom. The van der Waals surface area contributed by atoms with Gasteiger partial charge in [0.15, 0.2) is 0 Å². The Hall–Kier alpha value is -3.69. The average molecular weight is 328 g/mol. The maximum absolute atomic E-state index is 11.8. The van der Waals surface area contributed by atoms with Crippen LogP contribution in [0.5, 0.6) is 0 Å². The predicted molar refractivity (Wildman–Crippen MR) is 82.4 cm³/mol. The zero-order valence-corrected chi connectivity index (χ0v) is 12.2. The van der Waals surface area contributed by atoms with E-state index in [1.807, 2.05) is 0 Å². The van der Waals surface area contributed by atoms with E-state index in [-0.39, 0.29) is 6.54 Å². The second-order valence-electron chi connectivity index (χ2n) is 4.81. The molecule has 0 saturated heterocycles. The first kappa shape index (κ1) is 15.2. The van der Waals surface area contributed by atoms with Gasteiger partial charge in [0.05, 0.1) is 24.1 Å². The Kier molecular flexibility index (Phi) is 3.93. The van der Waals surface area contributed by atoms with Gasteiger partial charge >= 0.3 is 11.8 Å². The Morgan fingerprint density at radius 2 is 1.88 bits per heavy atom. The van der Waals surface area contributed by atoms with Crippen molar-refractivity contribution in [1.82, 2.24) is 29.9 Å². The van der Waals surface area contributed by atoms with E-state index in [0.29, 0.717) is 17.1 Å². The molecule has 1 aromatic carbocycles. The second kappa shape index (κ2) is 6.20. The van der Waals surface area contributed by atoms with E-state index >= 15 is 0 Å². The van der Waals surface area contributed by atoms with Crippen LogP contribution in [0.4, 0.5) is 4.79 Å². The number of carboxylic acid groups (broad SMARTS) is 1. The van der Waals surface area contributed by atoms with Crippen molar-refractivity contribution in [2.75, 3.05) is 0 Å². The molecule has 0 unspecified atom stereocenters. The normalized spacial score (nSPS) is 10.5. The Labute approximate surface area is 134 Å². The molecule has 0 spiro atoms. The molecule has 24 heavy (non-hydrogen) atoms. The lowest BCUT2D eigenvalue weighted by atomic mass is 10.3. The van der Waals surface area contributed by atoms with E-state index in [2.05, 4.69) is 20.6 Å². The third kappa shape index (κ3) is 3.21. The molecule has 0 fully saturated rings. The molecule has 2 heterocycles. The van der Waals surface area contributed by atoms with Crippen molar-refractivity contribution in [2.24, 2.45) is 0 Å². The van der Waals surface area contributed by atoms with Crippen LogP contribution < -0.4 is 16.6 Å². The summed E-state index contributed by atoms with van der Waals surface area (Å²) in [5.74, 6) is 0. The molecule has 122 valence electrons. The smallest absolute Gasteiger partial charge is 0.404 e. The number of nitrogens with zero attached hydrogens (tertiary/aromatic N) is 4. The average Bonchev–Trinajstić information content (AvgIpc) is 3.02. The molecule has 3 rings (SSSR count). The molecule has 1 amide bonds. The number of amides is 1. The molecule has 0 saturated carbocycles. The fraction of sp³-hybridized carbons (Fsp3) is 0.0714. The third-order valence-corrected chi connectivity index (χ3v) is 3.18. The van der Waals surface area contributed by atoms with Crippen LogP contribution in [-0.2, 0) is 6.54 Å². The quantitative estimate of drug-likeness (QED) is 0.611. The van der Waals surface area contributed by atoms with Gasteiger partial charge in [0, 0.05) is 12.3 Å². The predicted octanol–water partition coefficient (Wildman–Crippen LogP) is -0.126. The number of H-pyrrole nitrogens is 1. The van der Waals surface area contributed by atoms with Crippen LogP contribution in [0, 0.1) is 0 Å². The Bertz CT molecular complexity index is 985. The number of hydrogen-bond acceptors (Lipinski definition) is 5. The molecule has 0 atom stereocenters. The van der Waals surface area contributed by atoms with Gasteiger partial charge in [0.2, 0.25) is 0 Å². The zero-order valence-electron chi connectivity index (χ0n) is 12.2. The first-order valence-electron chi connectivity index (χ1n) is 6.84. The van der Waals surface area contributed by atoms with E-state index in [4.69, 9.17) is 5.11 Å². The minimum absolute atomic E-state index is 0.0557. The minimum Gasteiger partial charge on any atom is -0.465 e. The van der Waals surface area contributed by atoms with Crippen molar-refractivity contribution in [3.05, 3.63) is 69.3 Å². The topological polar surface area (TPSA) is 135 Å². The van der Waals surface area contributed by atoms with Gasteiger partial charge in [0.1, 0.15) is 5.69 Å². The third-order valence-electron chi connectivity index (χ3n) is 3.18. The molecule has 10 heteroatoms. The van der Waals surface area contributed by atoms with E-state index < -0.39 is 17.3 Å². The largest absolute Gasteiger partial charge is 0.465 e. The molecule has 10 nitrogen and oxygen atoms in total. The van der Waals surface area contributed by atoms with Crippen LogP contribution in [0.1, 0.15) is 5.69 Å². The van der Waals surface area contributed by atoms with Gasteiger partial charge < -0.3 is 10.4 Å². The monoisotopic (exact) mass is 328 g/mol. The molecule has 0 aliphatic rings. The molecular weight excluding hydrogens is 316 g/mol. The van der Waals surface area contributed by atoms with Crippen LogP contribution >= 0.6 is 0 Å². The van der Waals surface area contributed by atoms with Crippen LogP contribution in [0.15, 0.2) is 52.3 Å². The summed E-state index contributed by atoms with van der Waals surface area (Å²) < 4.78 is 2.78. The maximum atomic E-state index is 11.8. The molecule has 0 bridgehead atoms. The van der Waals surface area contributed by atoms with Crippen molar-refractivity contribution in [2.45, 2.75) is 6.54 Å². The van der Waals surface area contributed by atoms with E-state index in [1.54, 1.807) is 30.5 Å². The number of benzene rings is 1. The number of aromatic amines is 1. The summed E-state index contributed by atoms with van der Waals surface area (Å²) in [6.45, 7) is 0.0557. The summed E-state index contributed by atoms with van der Waals surface area (Å²) in [6, 6.07) is 8.07. The molecule has 3 aromatic rings.